The lowest BCUT2D eigenvalue weighted by Crippen LogP contribution is -2.28. The van der Waals surface area contributed by atoms with E-state index in [4.69, 9.17) is 4.74 Å². The molecule has 0 radical (unpaired) electrons. The third-order valence-corrected chi connectivity index (χ3v) is 4.55. The van der Waals surface area contributed by atoms with Crippen LogP contribution in [-0.2, 0) is 9.53 Å². The number of carbonyl (C=O) groups is 1. The van der Waals surface area contributed by atoms with Crippen LogP contribution in [0.3, 0.4) is 0 Å². The Bertz CT molecular complexity index is 1000. The lowest BCUT2D eigenvalue weighted by atomic mass is 10.0. The van der Waals surface area contributed by atoms with Crippen molar-refractivity contribution in [3.63, 3.8) is 0 Å². The highest BCUT2D eigenvalue weighted by atomic mass is 16.5. The summed E-state index contributed by atoms with van der Waals surface area (Å²) in [5.74, 6) is -0.337. The molecule has 0 bridgehead atoms. The minimum absolute atomic E-state index is 0.0678. The van der Waals surface area contributed by atoms with Gasteiger partial charge in [-0.25, -0.2) is 4.79 Å². The van der Waals surface area contributed by atoms with Crippen molar-refractivity contribution in [1.82, 2.24) is 9.47 Å². The first-order valence-corrected chi connectivity index (χ1v) is 8.73. The van der Waals surface area contributed by atoms with Gasteiger partial charge in [-0.2, -0.15) is 0 Å². The molecule has 0 N–H and O–H groups in total. The molecular weight excluding hydrogens is 324 g/mol. The van der Waals surface area contributed by atoms with Crippen molar-refractivity contribution in [1.29, 1.82) is 0 Å². The lowest BCUT2D eigenvalue weighted by Gasteiger charge is -2.34. The summed E-state index contributed by atoms with van der Waals surface area (Å²) >= 11 is 0. The zero-order valence-corrected chi connectivity index (χ0v) is 14.6. The topological polar surface area (TPSA) is 34.5 Å². The molecule has 0 spiro atoms. The van der Waals surface area contributed by atoms with Crippen molar-refractivity contribution in [2.24, 2.45) is 0 Å². The van der Waals surface area contributed by atoms with Gasteiger partial charge in [0.15, 0.2) is 0 Å². The normalized spacial score (nSPS) is 16.2. The molecular formula is C22H20N2O2. The van der Waals surface area contributed by atoms with Crippen LogP contribution in [0.2, 0.25) is 0 Å². The molecule has 1 aromatic heterocycles. The van der Waals surface area contributed by atoms with Crippen molar-refractivity contribution in [2.45, 2.75) is 13.1 Å². The molecule has 1 aliphatic rings. The van der Waals surface area contributed by atoms with Gasteiger partial charge >= 0.3 is 5.97 Å². The molecule has 0 saturated heterocycles. The molecule has 2 aromatic carbocycles. The van der Waals surface area contributed by atoms with Crippen LogP contribution in [0.5, 0.6) is 0 Å². The number of para-hydroxylation sites is 1. The predicted octanol–water partition coefficient (Wildman–Crippen LogP) is 4.55. The van der Waals surface area contributed by atoms with E-state index >= 15 is 0 Å². The molecule has 0 aliphatic carbocycles. The van der Waals surface area contributed by atoms with E-state index in [0.29, 0.717) is 6.61 Å². The minimum atomic E-state index is -0.337. The Labute approximate surface area is 152 Å². The van der Waals surface area contributed by atoms with Gasteiger partial charge in [-0.3, -0.25) is 0 Å². The van der Waals surface area contributed by atoms with Crippen LogP contribution in [0.4, 0.5) is 0 Å². The molecule has 1 atom stereocenters. The maximum absolute atomic E-state index is 11.8. The fourth-order valence-corrected chi connectivity index (χ4v) is 3.39. The molecule has 0 saturated carbocycles. The first-order valence-electron chi connectivity index (χ1n) is 8.73. The molecule has 0 amide bonds. The Hall–Kier alpha value is -3.27. The van der Waals surface area contributed by atoms with E-state index < -0.39 is 0 Å². The first-order chi connectivity index (χ1) is 12.8. The van der Waals surface area contributed by atoms with Gasteiger partial charge in [0.05, 0.1) is 12.1 Å². The highest BCUT2D eigenvalue weighted by Crippen LogP contribution is 2.34. The van der Waals surface area contributed by atoms with Gasteiger partial charge in [0.2, 0.25) is 0 Å². The summed E-state index contributed by atoms with van der Waals surface area (Å²) in [6.45, 7) is 2.17. The lowest BCUT2D eigenvalue weighted by molar-refractivity contribution is -0.137. The Morgan fingerprint density at radius 2 is 1.92 bits per heavy atom. The first kappa shape index (κ1) is 16.2. The Morgan fingerprint density at radius 1 is 1.12 bits per heavy atom. The molecule has 4 rings (SSSR count). The number of carbonyl (C=O) groups excluding carboxylic acids is 1. The maximum Gasteiger partial charge on any atom is 0.332 e. The average Bonchev–Trinajstić information content (AvgIpc) is 3.10. The number of ether oxygens (including phenoxy) is 1. The largest absolute Gasteiger partial charge is 0.463 e. The van der Waals surface area contributed by atoms with E-state index in [9.17, 15) is 4.79 Å². The zero-order valence-electron chi connectivity index (χ0n) is 14.6. The van der Waals surface area contributed by atoms with Gasteiger partial charge in [-0.05, 0) is 36.1 Å². The quantitative estimate of drug-likeness (QED) is 0.514. The molecule has 26 heavy (non-hydrogen) atoms. The summed E-state index contributed by atoms with van der Waals surface area (Å²) in [7, 11) is 0. The fraction of sp³-hybridized carbons (Fsp3) is 0.136. The molecule has 4 nitrogen and oxygen atoms in total. The van der Waals surface area contributed by atoms with E-state index in [1.54, 1.807) is 13.1 Å². The smallest absolute Gasteiger partial charge is 0.332 e. The number of fused-ring (bicyclic) bond motifs is 2. The number of hydrogen-bond donors (Lipinski definition) is 0. The molecule has 1 aliphatic heterocycles. The number of nitrogens with zero attached hydrogens (tertiary/aromatic N) is 2. The van der Waals surface area contributed by atoms with Crippen LogP contribution < -0.4 is 0 Å². The van der Waals surface area contributed by atoms with Crippen molar-refractivity contribution in [3.05, 3.63) is 90.4 Å². The van der Waals surface area contributed by atoms with E-state index in [1.807, 2.05) is 35.4 Å². The Morgan fingerprint density at radius 3 is 2.81 bits per heavy atom. The maximum atomic E-state index is 11.8. The summed E-state index contributed by atoms with van der Waals surface area (Å²) < 4.78 is 7.24. The average molecular weight is 344 g/mol. The van der Waals surface area contributed by atoms with Crippen LogP contribution in [0.15, 0.2) is 79.3 Å². The minimum Gasteiger partial charge on any atom is -0.463 e. The van der Waals surface area contributed by atoms with Crippen LogP contribution in [0, 0.1) is 0 Å². The molecule has 1 unspecified atom stereocenters. The Balaban J connectivity index is 1.80. The number of aromatic nitrogens is 1. The van der Waals surface area contributed by atoms with E-state index in [-0.39, 0.29) is 12.1 Å². The van der Waals surface area contributed by atoms with Gasteiger partial charge in [0.25, 0.3) is 0 Å². The van der Waals surface area contributed by atoms with Crippen LogP contribution in [0.1, 0.15) is 24.2 Å². The Kier molecular flexibility index (Phi) is 4.32. The number of hydrogen-bond acceptors (Lipinski definition) is 3. The summed E-state index contributed by atoms with van der Waals surface area (Å²) in [5, 5.41) is 1.19. The van der Waals surface area contributed by atoms with Crippen molar-refractivity contribution in [2.75, 3.05) is 6.61 Å². The predicted molar refractivity (Wildman–Crippen MR) is 103 cm³/mol. The third kappa shape index (κ3) is 2.90. The number of rotatable bonds is 4. The van der Waals surface area contributed by atoms with Gasteiger partial charge in [0, 0.05) is 30.2 Å². The van der Waals surface area contributed by atoms with Crippen LogP contribution in [-0.4, -0.2) is 22.0 Å². The monoisotopic (exact) mass is 344 g/mol. The van der Waals surface area contributed by atoms with Crippen molar-refractivity contribution in [3.8, 4) is 0 Å². The van der Waals surface area contributed by atoms with Crippen LogP contribution in [0.25, 0.3) is 17.0 Å². The van der Waals surface area contributed by atoms with E-state index in [2.05, 4.69) is 47.2 Å². The SMILES string of the molecule is CCOC(=O)/C=C/N1C=Cc2ccccc2C1n1ccc2ccccc21. The molecule has 2 heterocycles. The molecule has 3 aromatic rings. The van der Waals surface area contributed by atoms with Gasteiger partial charge in [-0.1, -0.05) is 42.5 Å². The zero-order chi connectivity index (χ0) is 17.9. The highest BCUT2D eigenvalue weighted by molar-refractivity contribution is 5.82. The number of esters is 1. The molecule has 0 fully saturated rings. The van der Waals surface area contributed by atoms with Gasteiger partial charge < -0.3 is 14.2 Å². The second-order valence-corrected chi connectivity index (χ2v) is 6.12. The van der Waals surface area contributed by atoms with E-state index in [1.165, 1.54) is 22.6 Å². The number of benzene rings is 2. The van der Waals surface area contributed by atoms with Crippen molar-refractivity contribution < 1.29 is 9.53 Å². The van der Waals surface area contributed by atoms with Crippen LogP contribution >= 0.6 is 0 Å². The fourth-order valence-electron chi connectivity index (χ4n) is 3.39. The second kappa shape index (κ2) is 6.92. The summed E-state index contributed by atoms with van der Waals surface area (Å²) in [5.41, 5.74) is 3.51. The summed E-state index contributed by atoms with van der Waals surface area (Å²) in [6, 6.07) is 18.7. The third-order valence-electron chi connectivity index (χ3n) is 4.55. The molecule has 130 valence electrons. The van der Waals surface area contributed by atoms with Crippen molar-refractivity contribution >= 4 is 22.9 Å². The summed E-state index contributed by atoms with van der Waals surface area (Å²) in [6.07, 6.45) is 9.34. The van der Waals surface area contributed by atoms with Gasteiger partial charge in [-0.15, -0.1) is 0 Å². The molecule has 4 heteroatoms. The highest BCUT2D eigenvalue weighted by Gasteiger charge is 2.24. The van der Waals surface area contributed by atoms with E-state index in [0.717, 1.165) is 5.52 Å². The summed E-state index contributed by atoms with van der Waals surface area (Å²) in [4.78, 5) is 13.8. The standard InChI is InChI=1S/C22H20N2O2/c1-2-26-21(25)13-15-23-14-11-17-7-3-5-9-19(17)22(23)24-16-12-18-8-4-6-10-20(18)24/h3-16,22H,2H2,1H3/b15-13+. The van der Waals surface area contributed by atoms with Gasteiger partial charge in [0.1, 0.15) is 6.17 Å². The second-order valence-electron chi connectivity index (χ2n) is 6.12.